The molecule has 0 saturated carbocycles. The van der Waals surface area contributed by atoms with E-state index in [0.29, 0.717) is 12.2 Å². The molecule has 0 nitrogen and oxygen atoms in total. The molecule has 0 aromatic rings. The van der Waals surface area contributed by atoms with Gasteiger partial charge in [0.15, 0.2) is 0 Å². The van der Waals surface area contributed by atoms with Gasteiger partial charge < -0.3 is 0 Å². The van der Waals surface area contributed by atoms with Crippen LogP contribution in [0.3, 0.4) is 0 Å². The van der Waals surface area contributed by atoms with E-state index in [0.717, 1.165) is 6.55 Å². The Balaban J connectivity index is 3.11. The standard InChI is InChI=1S/C4H10F2SSi/c1-8(5,6)4-2-3-7/h7H,2-4H2,1H3. The second-order valence-corrected chi connectivity index (χ2v) is 4.98. The molecule has 0 heterocycles. The molecule has 0 saturated heterocycles. The second-order valence-electron chi connectivity index (χ2n) is 1.90. The van der Waals surface area contributed by atoms with Gasteiger partial charge in [-0.25, -0.2) is 0 Å². The maximum Gasteiger partial charge on any atom is 0.422 e. The maximum absolute atomic E-state index is 12.0. The molecule has 0 N–H and O–H groups in total. The molecule has 0 spiro atoms. The first-order valence-corrected chi connectivity index (χ1v) is 5.64. The van der Waals surface area contributed by atoms with E-state index < -0.39 is 8.74 Å². The molecule has 0 amide bonds. The Kier molecular flexibility index (Phi) is 3.64. The third-order valence-corrected chi connectivity index (χ3v) is 2.32. The van der Waals surface area contributed by atoms with Gasteiger partial charge in [-0.2, -0.15) is 12.6 Å². The molecule has 0 aliphatic carbocycles. The molecule has 0 fully saturated rings. The highest BCUT2D eigenvalue weighted by molar-refractivity contribution is 7.80. The van der Waals surface area contributed by atoms with E-state index in [9.17, 15) is 8.22 Å². The van der Waals surface area contributed by atoms with Crippen LogP contribution in [0.25, 0.3) is 0 Å². The van der Waals surface area contributed by atoms with Crippen molar-refractivity contribution >= 4 is 21.4 Å². The molecule has 0 radical (unpaired) electrons. The minimum Gasteiger partial charge on any atom is -0.271 e. The van der Waals surface area contributed by atoms with Crippen molar-refractivity contribution < 1.29 is 8.22 Å². The largest absolute Gasteiger partial charge is 0.422 e. The third-order valence-electron chi connectivity index (χ3n) is 0.774. The van der Waals surface area contributed by atoms with Gasteiger partial charge in [-0.15, -0.1) is 0 Å². The van der Waals surface area contributed by atoms with Crippen LogP contribution in [0.1, 0.15) is 6.42 Å². The summed E-state index contributed by atoms with van der Waals surface area (Å²) in [5, 5.41) is 0. The lowest BCUT2D eigenvalue weighted by molar-refractivity contribution is 0.603. The van der Waals surface area contributed by atoms with Crippen LogP contribution >= 0.6 is 12.6 Å². The SMILES string of the molecule is C[Si](F)(F)CCCS. The Hall–Kier alpha value is 0.427. The molecule has 8 heavy (non-hydrogen) atoms. The van der Waals surface area contributed by atoms with E-state index in [1.54, 1.807) is 0 Å². The van der Waals surface area contributed by atoms with Crippen LogP contribution in [-0.4, -0.2) is 14.5 Å². The van der Waals surface area contributed by atoms with Gasteiger partial charge in [0.2, 0.25) is 0 Å². The molecule has 0 aromatic carbocycles. The maximum atomic E-state index is 12.0. The van der Waals surface area contributed by atoms with E-state index in [2.05, 4.69) is 12.6 Å². The van der Waals surface area contributed by atoms with Gasteiger partial charge >= 0.3 is 8.74 Å². The van der Waals surface area contributed by atoms with Crippen molar-refractivity contribution in [1.82, 2.24) is 0 Å². The first kappa shape index (κ1) is 8.43. The molecule has 0 aliphatic heterocycles. The fourth-order valence-corrected chi connectivity index (χ4v) is 1.64. The van der Waals surface area contributed by atoms with Gasteiger partial charge in [0.25, 0.3) is 0 Å². The summed E-state index contributed by atoms with van der Waals surface area (Å²) in [5.74, 6) is 0.580. The van der Waals surface area contributed by atoms with E-state index in [1.807, 2.05) is 0 Å². The lowest BCUT2D eigenvalue weighted by Gasteiger charge is -2.02. The number of rotatable bonds is 3. The smallest absolute Gasteiger partial charge is 0.271 e. The number of halogens is 2. The van der Waals surface area contributed by atoms with Crippen LogP contribution in [0.5, 0.6) is 0 Å². The molecule has 0 atom stereocenters. The molecule has 0 rings (SSSR count). The average molecular weight is 156 g/mol. The highest BCUT2D eigenvalue weighted by atomic mass is 32.1. The van der Waals surface area contributed by atoms with Gasteiger partial charge in [-0.3, -0.25) is 8.22 Å². The summed E-state index contributed by atoms with van der Waals surface area (Å²) >= 11 is 3.82. The van der Waals surface area contributed by atoms with Crippen LogP contribution in [-0.2, 0) is 0 Å². The van der Waals surface area contributed by atoms with Gasteiger partial charge in [-0.1, -0.05) is 0 Å². The summed E-state index contributed by atoms with van der Waals surface area (Å²) in [6, 6.07) is 0.0938. The lowest BCUT2D eigenvalue weighted by atomic mass is 10.6. The first-order chi connectivity index (χ1) is 3.56. The Morgan fingerprint density at radius 3 is 2.12 bits per heavy atom. The monoisotopic (exact) mass is 156 g/mol. The van der Waals surface area contributed by atoms with Crippen LogP contribution in [0.15, 0.2) is 0 Å². The highest BCUT2D eigenvalue weighted by Gasteiger charge is 2.25. The Bertz CT molecular complexity index is 61.5. The van der Waals surface area contributed by atoms with Crippen molar-refractivity contribution in [2.24, 2.45) is 0 Å². The fraction of sp³-hybridized carbons (Fsp3) is 1.00. The summed E-state index contributed by atoms with van der Waals surface area (Å²) in [4.78, 5) is 0. The van der Waals surface area contributed by atoms with Crippen molar-refractivity contribution in [3.63, 3.8) is 0 Å². The van der Waals surface area contributed by atoms with E-state index in [4.69, 9.17) is 0 Å². The zero-order valence-electron chi connectivity index (χ0n) is 4.82. The summed E-state index contributed by atoms with van der Waals surface area (Å²) in [7, 11) is -3.73. The molecule has 4 heteroatoms. The second kappa shape index (κ2) is 3.45. The lowest BCUT2D eigenvalue weighted by Crippen LogP contribution is -2.15. The van der Waals surface area contributed by atoms with Gasteiger partial charge in [-0.05, 0) is 24.8 Å². The Labute approximate surface area is 55.0 Å². The van der Waals surface area contributed by atoms with Gasteiger partial charge in [0.1, 0.15) is 0 Å². The summed E-state index contributed by atoms with van der Waals surface area (Å²) in [6.07, 6.45) is 0.554. The summed E-state index contributed by atoms with van der Waals surface area (Å²) in [5.41, 5.74) is 0. The molecule has 0 bridgehead atoms. The number of hydrogen-bond donors (Lipinski definition) is 1. The third kappa shape index (κ3) is 6.43. The van der Waals surface area contributed by atoms with E-state index in [1.165, 1.54) is 0 Å². The first-order valence-electron chi connectivity index (χ1n) is 2.55. The molecule has 0 aromatic heterocycles. The summed E-state index contributed by atoms with van der Waals surface area (Å²) < 4.78 is 24.0. The van der Waals surface area contributed by atoms with Crippen LogP contribution in [0.4, 0.5) is 8.22 Å². The van der Waals surface area contributed by atoms with Crippen LogP contribution < -0.4 is 0 Å². The Morgan fingerprint density at radius 1 is 1.50 bits per heavy atom. The minimum absolute atomic E-state index is 0.0938. The van der Waals surface area contributed by atoms with Crippen LogP contribution in [0, 0.1) is 0 Å². The predicted octanol–water partition coefficient (Wildman–Crippen LogP) is 2.32. The Morgan fingerprint density at radius 2 is 2.00 bits per heavy atom. The van der Waals surface area contributed by atoms with Crippen molar-refractivity contribution in [2.75, 3.05) is 5.75 Å². The molecule has 50 valence electrons. The van der Waals surface area contributed by atoms with Crippen molar-refractivity contribution in [2.45, 2.75) is 19.0 Å². The number of thiol groups is 1. The normalized spacial score (nSPS) is 12.0. The van der Waals surface area contributed by atoms with Crippen molar-refractivity contribution in [3.05, 3.63) is 0 Å². The molecular weight excluding hydrogens is 146 g/mol. The van der Waals surface area contributed by atoms with Gasteiger partial charge in [0, 0.05) is 0 Å². The van der Waals surface area contributed by atoms with E-state index >= 15 is 0 Å². The minimum atomic E-state index is -3.73. The van der Waals surface area contributed by atoms with Crippen molar-refractivity contribution in [1.29, 1.82) is 0 Å². The zero-order chi connectivity index (χ0) is 6.62. The predicted molar refractivity (Wildman–Crippen MR) is 37.1 cm³/mol. The molecule has 0 aliphatic rings. The fourth-order valence-electron chi connectivity index (χ4n) is 0.389. The quantitative estimate of drug-likeness (QED) is 0.362. The molecular formula is C4H10F2SSi. The zero-order valence-corrected chi connectivity index (χ0v) is 6.72. The van der Waals surface area contributed by atoms with E-state index in [-0.39, 0.29) is 6.04 Å². The highest BCUT2D eigenvalue weighted by Crippen LogP contribution is 2.14. The molecule has 0 unspecified atom stereocenters. The summed E-state index contributed by atoms with van der Waals surface area (Å²) in [6.45, 7) is 1.07. The van der Waals surface area contributed by atoms with Gasteiger partial charge in [0.05, 0.1) is 0 Å². The topological polar surface area (TPSA) is 0 Å². The van der Waals surface area contributed by atoms with Crippen molar-refractivity contribution in [3.8, 4) is 0 Å². The average Bonchev–Trinajstić information content (AvgIpc) is 1.59. The number of hydrogen-bond acceptors (Lipinski definition) is 1. The van der Waals surface area contributed by atoms with Crippen LogP contribution in [0.2, 0.25) is 12.6 Å².